The van der Waals surface area contributed by atoms with Crippen LogP contribution in [0.3, 0.4) is 0 Å². The van der Waals surface area contributed by atoms with Crippen LogP contribution < -0.4 is 0 Å². The minimum atomic E-state index is -0.747. The van der Waals surface area contributed by atoms with E-state index >= 15 is 0 Å². The Labute approximate surface area is 94.7 Å². The van der Waals surface area contributed by atoms with Gasteiger partial charge in [0, 0.05) is 10.6 Å². The summed E-state index contributed by atoms with van der Waals surface area (Å²) in [4.78, 5) is 12.1. The van der Waals surface area contributed by atoms with Gasteiger partial charge in [-0.15, -0.1) is 11.8 Å². The van der Waals surface area contributed by atoms with E-state index in [0.717, 1.165) is 4.90 Å². The van der Waals surface area contributed by atoms with E-state index in [1.165, 1.54) is 5.56 Å². The maximum Gasteiger partial charge on any atom is 0.309 e. The smallest absolute Gasteiger partial charge is 0.309 e. The van der Waals surface area contributed by atoms with Gasteiger partial charge in [-0.2, -0.15) is 0 Å². The highest BCUT2D eigenvalue weighted by atomic mass is 32.2. The van der Waals surface area contributed by atoms with E-state index in [2.05, 4.69) is 0 Å². The molecule has 0 spiro atoms. The molecule has 0 atom stereocenters. The number of thioether (sulfide) groups is 1. The summed E-state index contributed by atoms with van der Waals surface area (Å²) in [6.45, 7) is 5.54. The second-order valence-electron chi connectivity index (χ2n) is 4.24. The summed E-state index contributed by atoms with van der Waals surface area (Å²) in [5.74, 6) is -0.156. The zero-order valence-corrected chi connectivity index (χ0v) is 10.1. The molecule has 1 aromatic carbocycles. The molecule has 0 aliphatic rings. The van der Waals surface area contributed by atoms with Crippen molar-refractivity contribution < 1.29 is 9.90 Å². The Kier molecular flexibility index (Phi) is 3.80. The van der Waals surface area contributed by atoms with Crippen LogP contribution in [-0.2, 0) is 4.79 Å². The monoisotopic (exact) mass is 224 g/mol. The second kappa shape index (κ2) is 4.71. The van der Waals surface area contributed by atoms with Gasteiger partial charge in [-0.3, -0.25) is 4.79 Å². The molecule has 0 saturated carbocycles. The molecule has 3 heteroatoms. The number of carbonyl (C=O) groups is 1. The SMILES string of the molecule is Cc1ccccc1SCC(C)(C)C(=O)O. The molecule has 1 aromatic rings. The standard InChI is InChI=1S/C12H16O2S/c1-9-6-4-5-7-10(9)15-8-12(2,3)11(13)14/h4-7H,8H2,1-3H3,(H,13,14). The molecule has 0 bridgehead atoms. The molecular formula is C12H16O2S. The molecule has 0 aromatic heterocycles. The molecule has 1 N–H and O–H groups in total. The number of aryl methyl sites for hydroxylation is 1. The Morgan fingerprint density at radius 1 is 1.40 bits per heavy atom. The van der Waals surface area contributed by atoms with Crippen molar-refractivity contribution in [2.45, 2.75) is 25.7 Å². The normalized spacial score (nSPS) is 11.4. The summed E-state index contributed by atoms with van der Waals surface area (Å²) in [5.41, 5.74) is 0.524. The quantitative estimate of drug-likeness (QED) is 0.798. The Morgan fingerprint density at radius 2 is 2.00 bits per heavy atom. The van der Waals surface area contributed by atoms with Crippen molar-refractivity contribution in [3.05, 3.63) is 29.8 Å². The average molecular weight is 224 g/mol. The third-order valence-electron chi connectivity index (χ3n) is 2.26. The molecule has 0 amide bonds. The van der Waals surface area contributed by atoms with E-state index in [4.69, 9.17) is 5.11 Å². The molecule has 0 radical (unpaired) electrons. The molecule has 82 valence electrons. The number of carboxylic acids is 1. The zero-order valence-electron chi connectivity index (χ0n) is 9.28. The summed E-state index contributed by atoms with van der Waals surface area (Å²) >= 11 is 1.60. The van der Waals surface area contributed by atoms with E-state index < -0.39 is 11.4 Å². The van der Waals surface area contributed by atoms with Crippen LogP contribution in [0.25, 0.3) is 0 Å². The lowest BCUT2D eigenvalue weighted by Crippen LogP contribution is -2.26. The highest BCUT2D eigenvalue weighted by Gasteiger charge is 2.27. The third-order valence-corrected chi connectivity index (χ3v) is 3.90. The van der Waals surface area contributed by atoms with Gasteiger partial charge < -0.3 is 5.11 Å². The lowest BCUT2D eigenvalue weighted by molar-refractivity contribution is -0.145. The van der Waals surface area contributed by atoms with Gasteiger partial charge in [0.25, 0.3) is 0 Å². The molecule has 0 unspecified atom stereocenters. The van der Waals surface area contributed by atoms with E-state index in [1.807, 2.05) is 31.2 Å². The number of rotatable bonds is 4. The van der Waals surface area contributed by atoms with E-state index in [-0.39, 0.29) is 0 Å². The van der Waals surface area contributed by atoms with Crippen molar-refractivity contribution >= 4 is 17.7 Å². The third kappa shape index (κ3) is 3.27. The van der Waals surface area contributed by atoms with Crippen LogP contribution in [0.5, 0.6) is 0 Å². The van der Waals surface area contributed by atoms with Crippen molar-refractivity contribution in [1.29, 1.82) is 0 Å². The minimum absolute atomic E-state index is 0.590. The summed E-state index contributed by atoms with van der Waals surface area (Å²) in [7, 11) is 0. The van der Waals surface area contributed by atoms with Crippen LogP contribution in [-0.4, -0.2) is 16.8 Å². The predicted molar refractivity (Wildman–Crippen MR) is 63.3 cm³/mol. The molecule has 0 heterocycles. The van der Waals surface area contributed by atoms with Gasteiger partial charge in [-0.05, 0) is 32.4 Å². The predicted octanol–water partition coefficient (Wildman–Crippen LogP) is 3.20. The lowest BCUT2D eigenvalue weighted by Gasteiger charge is -2.18. The Balaban J connectivity index is 2.66. The highest BCUT2D eigenvalue weighted by Crippen LogP contribution is 2.29. The summed E-state index contributed by atoms with van der Waals surface area (Å²) in [5, 5.41) is 8.98. The first-order valence-corrected chi connectivity index (χ1v) is 5.84. The van der Waals surface area contributed by atoms with Gasteiger partial charge in [0.2, 0.25) is 0 Å². The first-order valence-electron chi connectivity index (χ1n) is 4.85. The number of carboxylic acid groups (broad SMARTS) is 1. The van der Waals surface area contributed by atoms with Crippen LogP contribution in [0.15, 0.2) is 29.2 Å². The fraction of sp³-hybridized carbons (Fsp3) is 0.417. The van der Waals surface area contributed by atoms with E-state index in [9.17, 15) is 4.79 Å². The number of hydrogen-bond donors (Lipinski definition) is 1. The lowest BCUT2D eigenvalue weighted by atomic mass is 9.97. The topological polar surface area (TPSA) is 37.3 Å². The largest absolute Gasteiger partial charge is 0.481 e. The second-order valence-corrected chi connectivity index (χ2v) is 5.26. The van der Waals surface area contributed by atoms with E-state index in [1.54, 1.807) is 25.6 Å². The van der Waals surface area contributed by atoms with Crippen LogP contribution >= 0.6 is 11.8 Å². The molecule has 15 heavy (non-hydrogen) atoms. The first kappa shape index (κ1) is 12.1. The summed E-state index contributed by atoms with van der Waals surface area (Å²) in [6, 6.07) is 8.03. The van der Waals surface area contributed by atoms with Crippen molar-refractivity contribution in [2.75, 3.05) is 5.75 Å². The van der Waals surface area contributed by atoms with Gasteiger partial charge in [0.1, 0.15) is 0 Å². The molecule has 2 nitrogen and oxygen atoms in total. The molecule has 1 rings (SSSR count). The Hall–Kier alpha value is -0.960. The van der Waals surface area contributed by atoms with Gasteiger partial charge in [0.15, 0.2) is 0 Å². The number of hydrogen-bond acceptors (Lipinski definition) is 2. The van der Waals surface area contributed by atoms with Crippen molar-refractivity contribution in [1.82, 2.24) is 0 Å². The summed E-state index contributed by atoms with van der Waals surface area (Å²) < 4.78 is 0. The maximum atomic E-state index is 10.9. The van der Waals surface area contributed by atoms with Gasteiger partial charge in [0.05, 0.1) is 5.41 Å². The van der Waals surface area contributed by atoms with Gasteiger partial charge in [-0.1, -0.05) is 18.2 Å². The fourth-order valence-corrected chi connectivity index (χ4v) is 2.15. The van der Waals surface area contributed by atoms with Gasteiger partial charge >= 0.3 is 5.97 Å². The summed E-state index contributed by atoms with van der Waals surface area (Å²) in [6.07, 6.45) is 0. The molecule has 0 fully saturated rings. The average Bonchev–Trinajstić information content (AvgIpc) is 2.16. The number of aliphatic carboxylic acids is 1. The Morgan fingerprint density at radius 3 is 2.53 bits per heavy atom. The minimum Gasteiger partial charge on any atom is -0.481 e. The van der Waals surface area contributed by atoms with Crippen LogP contribution in [0.1, 0.15) is 19.4 Å². The van der Waals surface area contributed by atoms with Crippen LogP contribution in [0.4, 0.5) is 0 Å². The van der Waals surface area contributed by atoms with Crippen molar-refractivity contribution in [3.8, 4) is 0 Å². The fourth-order valence-electron chi connectivity index (χ4n) is 1.04. The molecule has 0 aliphatic heterocycles. The van der Waals surface area contributed by atoms with Crippen molar-refractivity contribution in [2.24, 2.45) is 5.41 Å². The van der Waals surface area contributed by atoms with Crippen LogP contribution in [0.2, 0.25) is 0 Å². The van der Waals surface area contributed by atoms with E-state index in [0.29, 0.717) is 5.75 Å². The first-order chi connectivity index (χ1) is 6.93. The molecule has 0 saturated heterocycles. The maximum absolute atomic E-state index is 10.9. The Bertz CT molecular complexity index is 358. The number of benzene rings is 1. The molecule has 0 aliphatic carbocycles. The molecular weight excluding hydrogens is 208 g/mol. The van der Waals surface area contributed by atoms with Gasteiger partial charge in [-0.25, -0.2) is 0 Å². The zero-order chi connectivity index (χ0) is 11.5. The highest BCUT2D eigenvalue weighted by molar-refractivity contribution is 7.99. The van der Waals surface area contributed by atoms with Crippen molar-refractivity contribution in [3.63, 3.8) is 0 Å². The van der Waals surface area contributed by atoms with Crippen LogP contribution in [0, 0.1) is 12.3 Å².